The van der Waals surface area contributed by atoms with Crippen molar-refractivity contribution in [1.29, 1.82) is 0 Å². The van der Waals surface area contributed by atoms with Gasteiger partial charge in [0.1, 0.15) is 0 Å². The Morgan fingerprint density at radius 3 is 2.68 bits per heavy atom. The van der Waals surface area contributed by atoms with Crippen LogP contribution in [0, 0.1) is 11.8 Å². The van der Waals surface area contributed by atoms with Gasteiger partial charge in [-0.2, -0.15) is 0 Å². The number of rotatable bonds is 5. The van der Waals surface area contributed by atoms with Crippen molar-refractivity contribution in [2.45, 2.75) is 63.5 Å². The molecule has 0 bridgehead atoms. The molecule has 1 spiro atoms. The molecule has 0 aromatic heterocycles. The highest BCUT2D eigenvalue weighted by Crippen LogP contribution is 2.39. The van der Waals surface area contributed by atoms with Crippen molar-refractivity contribution in [1.82, 2.24) is 5.32 Å². The first-order chi connectivity index (χ1) is 9.26. The summed E-state index contributed by atoms with van der Waals surface area (Å²) in [4.78, 5) is 0. The predicted molar refractivity (Wildman–Crippen MR) is 76.3 cm³/mol. The van der Waals surface area contributed by atoms with Crippen LogP contribution in [0.5, 0.6) is 0 Å². The number of ether oxygens (including phenoxy) is 2. The van der Waals surface area contributed by atoms with Crippen molar-refractivity contribution in [2.24, 2.45) is 11.8 Å². The zero-order chi connectivity index (χ0) is 13.1. The van der Waals surface area contributed by atoms with Crippen molar-refractivity contribution < 1.29 is 9.47 Å². The standard InChI is InChI=1S/C16H29NO2/c1-13(12-17-15-2-3-15)10-14-4-7-19-16(11-14)5-8-18-9-6-16/h13-15,17H,2-12H2,1H3. The van der Waals surface area contributed by atoms with E-state index in [1.165, 1.54) is 38.6 Å². The fourth-order valence-corrected chi connectivity index (χ4v) is 3.73. The Kier molecular flexibility index (Phi) is 4.45. The molecule has 2 atom stereocenters. The third-order valence-corrected chi connectivity index (χ3v) is 5.07. The molecule has 3 fully saturated rings. The van der Waals surface area contributed by atoms with Gasteiger partial charge in [0.2, 0.25) is 0 Å². The van der Waals surface area contributed by atoms with Crippen LogP contribution in [0.2, 0.25) is 0 Å². The van der Waals surface area contributed by atoms with E-state index in [9.17, 15) is 0 Å². The maximum absolute atomic E-state index is 6.13. The van der Waals surface area contributed by atoms with E-state index < -0.39 is 0 Å². The van der Waals surface area contributed by atoms with Gasteiger partial charge in [0.25, 0.3) is 0 Å². The van der Waals surface area contributed by atoms with Crippen LogP contribution >= 0.6 is 0 Å². The van der Waals surface area contributed by atoms with Crippen LogP contribution in [0.1, 0.15) is 51.9 Å². The van der Waals surface area contributed by atoms with Crippen molar-refractivity contribution in [3.8, 4) is 0 Å². The summed E-state index contributed by atoms with van der Waals surface area (Å²) in [5.74, 6) is 1.67. The van der Waals surface area contributed by atoms with Gasteiger partial charge >= 0.3 is 0 Å². The number of hydrogen-bond acceptors (Lipinski definition) is 3. The molecule has 0 radical (unpaired) electrons. The zero-order valence-corrected chi connectivity index (χ0v) is 12.3. The zero-order valence-electron chi connectivity index (χ0n) is 12.3. The average molecular weight is 267 g/mol. The van der Waals surface area contributed by atoms with Crippen molar-refractivity contribution in [3.05, 3.63) is 0 Å². The SMILES string of the molecule is CC(CNC1CC1)CC1CCOC2(CCOCC2)C1. The summed E-state index contributed by atoms with van der Waals surface area (Å²) in [6.07, 6.45) is 8.91. The van der Waals surface area contributed by atoms with Gasteiger partial charge in [0, 0.05) is 25.9 Å². The van der Waals surface area contributed by atoms with Crippen LogP contribution in [-0.4, -0.2) is 38.0 Å². The summed E-state index contributed by atoms with van der Waals surface area (Å²) in [7, 11) is 0. The molecule has 0 aromatic carbocycles. The van der Waals surface area contributed by atoms with Gasteiger partial charge in [0.05, 0.1) is 5.60 Å². The van der Waals surface area contributed by atoms with Crippen LogP contribution in [-0.2, 0) is 9.47 Å². The van der Waals surface area contributed by atoms with Crippen LogP contribution in [0.4, 0.5) is 0 Å². The molecule has 2 aliphatic heterocycles. The molecule has 1 aliphatic carbocycles. The molecule has 2 heterocycles. The van der Waals surface area contributed by atoms with Crippen LogP contribution < -0.4 is 5.32 Å². The second-order valence-corrected chi connectivity index (χ2v) is 7.03. The minimum atomic E-state index is 0.171. The van der Waals surface area contributed by atoms with Gasteiger partial charge in [-0.1, -0.05) is 6.92 Å². The Bertz CT molecular complexity index is 279. The highest BCUT2D eigenvalue weighted by atomic mass is 16.5. The fourth-order valence-electron chi connectivity index (χ4n) is 3.73. The number of hydrogen-bond donors (Lipinski definition) is 1. The van der Waals surface area contributed by atoms with Crippen molar-refractivity contribution in [2.75, 3.05) is 26.4 Å². The lowest BCUT2D eigenvalue weighted by atomic mass is 9.77. The third kappa shape index (κ3) is 3.93. The van der Waals surface area contributed by atoms with Crippen LogP contribution in [0.15, 0.2) is 0 Å². The second kappa shape index (κ2) is 6.11. The molecule has 1 N–H and O–H groups in total. The first-order valence-corrected chi connectivity index (χ1v) is 8.21. The summed E-state index contributed by atoms with van der Waals surface area (Å²) < 4.78 is 11.6. The molecule has 3 heteroatoms. The van der Waals surface area contributed by atoms with Crippen molar-refractivity contribution >= 4 is 0 Å². The van der Waals surface area contributed by atoms with Gasteiger partial charge in [-0.05, 0) is 63.3 Å². The minimum absolute atomic E-state index is 0.171. The molecule has 110 valence electrons. The monoisotopic (exact) mass is 267 g/mol. The van der Waals surface area contributed by atoms with E-state index in [1.807, 2.05) is 0 Å². The molecule has 2 saturated heterocycles. The van der Waals surface area contributed by atoms with E-state index in [0.717, 1.165) is 50.5 Å². The first-order valence-electron chi connectivity index (χ1n) is 8.21. The maximum Gasteiger partial charge on any atom is 0.0729 e. The summed E-state index contributed by atoms with van der Waals surface area (Å²) in [6.45, 7) is 6.37. The molecule has 19 heavy (non-hydrogen) atoms. The fraction of sp³-hybridized carbons (Fsp3) is 1.00. The lowest BCUT2D eigenvalue weighted by molar-refractivity contribution is -0.148. The van der Waals surface area contributed by atoms with Gasteiger partial charge in [-0.25, -0.2) is 0 Å². The van der Waals surface area contributed by atoms with E-state index in [2.05, 4.69) is 12.2 Å². The Morgan fingerprint density at radius 2 is 1.95 bits per heavy atom. The second-order valence-electron chi connectivity index (χ2n) is 7.03. The van der Waals surface area contributed by atoms with E-state index in [4.69, 9.17) is 9.47 Å². The molecule has 2 unspecified atom stereocenters. The quantitative estimate of drug-likeness (QED) is 0.831. The smallest absolute Gasteiger partial charge is 0.0729 e. The summed E-state index contributed by atoms with van der Waals surface area (Å²) in [5.41, 5.74) is 0.171. The maximum atomic E-state index is 6.13. The molecule has 3 nitrogen and oxygen atoms in total. The minimum Gasteiger partial charge on any atom is -0.381 e. The van der Waals surface area contributed by atoms with E-state index >= 15 is 0 Å². The highest BCUT2D eigenvalue weighted by Gasteiger charge is 2.39. The Balaban J connectivity index is 1.44. The van der Waals surface area contributed by atoms with Crippen LogP contribution in [0.3, 0.4) is 0 Å². The summed E-state index contributed by atoms with van der Waals surface area (Å²) in [6, 6.07) is 0.846. The molecule has 1 saturated carbocycles. The van der Waals surface area contributed by atoms with Gasteiger partial charge < -0.3 is 14.8 Å². The van der Waals surface area contributed by atoms with Gasteiger partial charge in [0.15, 0.2) is 0 Å². The largest absolute Gasteiger partial charge is 0.381 e. The average Bonchev–Trinajstić information content (AvgIpc) is 3.21. The summed E-state index contributed by atoms with van der Waals surface area (Å²) in [5, 5.41) is 3.67. The Labute approximate surface area is 117 Å². The Hall–Kier alpha value is -0.120. The summed E-state index contributed by atoms with van der Waals surface area (Å²) >= 11 is 0. The molecule has 3 aliphatic rings. The molecular weight excluding hydrogens is 238 g/mol. The van der Waals surface area contributed by atoms with Crippen molar-refractivity contribution in [3.63, 3.8) is 0 Å². The molecule has 3 rings (SSSR count). The molecule has 0 amide bonds. The van der Waals surface area contributed by atoms with Crippen LogP contribution in [0.25, 0.3) is 0 Å². The van der Waals surface area contributed by atoms with E-state index in [-0.39, 0.29) is 5.60 Å². The Morgan fingerprint density at radius 1 is 1.16 bits per heavy atom. The molecular formula is C16H29NO2. The van der Waals surface area contributed by atoms with E-state index in [0.29, 0.717) is 0 Å². The van der Waals surface area contributed by atoms with E-state index in [1.54, 1.807) is 0 Å². The topological polar surface area (TPSA) is 30.5 Å². The third-order valence-electron chi connectivity index (χ3n) is 5.07. The number of nitrogens with one attached hydrogen (secondary N) is 1. The normalized spacial score (nSPS) is 32.4. The first kappa shape index (κ1) is 13.8. The van der Waals surface area contributed by atoms with Gasteiger partial charge in [-0.3, -0.25) is 0 Å². The van der Waals surface area contributed by atoms with Gasteiger partial charge in [-0.15, -0.1) is 0 Å². The highest BCUT2D eigenvalue weighted by molar-refractivity contribution is 4.90. The lowest BCUT2D eigenvalue weighted by Crippen LogP contribution is -2.44. The lowest BCUT2D eigenvalue weighted by Gasteiger charge is -2.44. The predicted octanol–water partition coefficient (Wildman–Crippen LogP) is 2.74. The molecule has 0 aromatic rings.